The highest BCUT2D eigenvalue weighted by molar-refractivity contribution is 8.00. The Labute approximate surface area is 117 Å². The van der Waals surface area contributed by atoms with Crippen LogP contribution >= 0.6 is 11.8 Å². The Bertz CT molecular complexity index is 566. The fourth-order valence-corrected chi connectivity index (χ4v) is 3.87. The van der Waals surface area contributed by atoms with Crippen molar-refractivity contribution >= 4 is 33.4 Å². The Morgan fingerprint density at radius 1 is 1.32 bits per heavy atom. The minimum absolute atomic E-state index is 0.0517. The van der Waals surface area contributed by atoms with Crippen molar-refractivity contribution < 1.29 is 13.2 Å². The second kappa shape index (κ2) is 5.94. The SMILES string of the molecule is NS(=O)(=O)c1ccccc1NC(=O)C1CCCCS1. The first-order chi connectivity index (χ1) is 8.98. The molecule has 1 fully saturated rings. The zero-order valence-corrected chi connectivity index (χ0v) is 12.0. The Morgan fingerprint density at radius 3 is 2.68 bits per heavy atom. The molecule has 7 heteroatoms. The maximum absolute atomic E-state index is 12.1. The summed E-state index contributed by atoms with van der Waals surface area (Å²) in [6.07, 6.45) is 2.98. The van der Waals surface area contributed by atoms with Crippen LogP contribution in [0.25, 0.3) is 0 Å². The third-order valence-corrected chi connectivity index (χ3v) is 5.27. The average Bonchev–Trinajstić information content (AvgIpc) is 2.39. The Hall–Kier alpha value is -1.05. The van der Waals surface area contributed by atoms with E-state index < -0.39 is 10.0 Å². The summed E-state index contributed by atoms with van der Waals surface area (Å²) < 4.78 is 22.9. The van der Waals surface area contributed by atoms with Crippen molar-refractivity contribution in [1.29, 1.82) is 0 Å². The number of primary sulfonamides is 1. The molecule has 3 N–H and O–H groups in total. The molecule has 1 aliphatic heterocycles. The number of para-hydroxylation sites is 1. The topological polar surface area (TPSA) is 89.3 Å². The van der Waals surface area contributed by atoms with Crippen LogP contribution in [-0.2, 0) is 14.8 Å². The second-order valence-electron chi connectivity index (χ2n) is 4.39. The number of nitrogens with one attached hydrogen (secondary N) is 1. The normalized spacial score (nSPS) is 19.9. The van der Waals surface area contributed by atoms with Gasteiger partial charge in [-0.05, 0) is 30.7 Å². The maximum atomic E-state index is 12.1. The molecule has 1 saturated heterocycles. The fourth-order valence-electron chi connectivity index (χ4n) is 1.98. The monoisotopic (exact) mass is 300 g/mol. The molecule has 1 amide bonds. The lowest BCUT2D eigenvalue weighted by atomic mass is 10.2. The zero-order valence-electron chi connectivity index (χ0n) is 10.3. The van der Waals surface area contributed by atoms with Crippen LogP contribution < -0.4 is 10.5 Å². The molecule has 1 heterocycles. The summed E-state index contributed by atoms with van der Waals surface area (Å²) in [4.78, 5) is 12.0. The molecule has 1 atom stereocenters. The molecule has 0 saturated carbocycles. The van der Waals surface area contributed by atoms with Crippen molar-refractivity contribution in [2.75, 3.05) is 11.1 Å². The molecule has 5 nitrogen and oxygen atoms in total. The van der Waals surface area contributed by atoms with Crippen LogP contribution in [0.5, 0.6) is 0 Å². The van der Waals surface area contributed by atoms with Gasteiger partial charge in [0, 0.05) is 0 Å². The average molecular weight is 300 g/mol. The van der Waals surface area contributed by atoms with Crippen molar-refractivity contribution in [3.8, 4) is 0 Å². The van der Waals surface area contributed by atoms with Gasteiger partial charge in [0.15, 0.2) is 0 Å². The maximum Gasteiger partial charge on any atom is 0.240 e. The lowest BCUT2D eigenvalue weighted by Crippen LogP contribution is -2.28. The van der Waals surface area contributed by atoms with Crippen molar-refractivity contribution in [1.82, 2.24) is 0 Å². The molecule has 2 rings (SSSR count). The first kappa shape index (κ1) is 14.4. The van der Waals surface area contributed by atoms with Crippen LogP contribution in [0.3, 0.4) is 0 Å². The summed E-state index contributed by atoms with van der Waals surface area (Å²) in [5.74, 6) is 0.815. The Balaban J connectivity index is 2.17. The van der Waals surface area contributed by atoms with Gasteiger partial charge < -0.3 is 5.32 Å². The van der Waals surface area contributed by atoms with E-state index in [0.717, 1.165) is 25.0 Å². The van der Waals surface area contributed by atoms with E-state index >= 15 is 0 Å². The van der Waals surface area contributed by atoms with Crippen LogP contribution in [-0.4, -0.2) is 25.3 Å². The Morgan fingerprint density at radius 2 is 2.05 bits per heavy atom. The van der Waals surface area contributed by atoms with E-state index in [0.29, 0.717) is 0 Å². The molecule has 1 unspecified atom stereocenters. The van der Waals surface area contributed by atoms with Crippen molar-refractivity contribution in [2.24, 2.45) is 5.14 Å². The lowest BCUT2D eigenvalue weighted by molar-refractivity contribution is -0.115. The zero-order chi connectivity index (χ0) is 13.9. The predicted molar refractivity (Wildman–Crippen MR) is 76.5 cm³/mol. The largest absolute Gasteiger partial charge is 0.324 e. The van der Waals surface area contributed by atoms with Gasteiger partial charge in [0.2, 0.25) is 15.9 Å². The highest BCUT2D eigenvalue weighted by Gasteiger charge is 2.23. The van der Waals surface area contributed by atoms with Crippen LogP contribution in [0.1, 0.15) is 19.3 Å². The first-order valence-electron chi connectivity index (χ1n) is 6.03. The summed E-state index contributed by atoms with van der Waals surface area (Å²) in [5, 5.41) is 7.69. The molecule has 0 aromatic heterocycles. The summed E-state index contributed by atoms with van der Waals surface area (Å²) in [5.41, 5.74) is 0.251. The number of thioether (sulfide) groups is 1. The molecule has 1 aromatic rings. The van der Waals surface area contributed by atoms with Gasteiger partial charge in [-0.2, -0.15) is 0 Å². The van der Waals surface area contributed by atoms with Gasteiger partial charge in [-0.3, -0.25) is 4.79 Å². The lowest BCUT2D eigenvalue weighted by Gasteiger charge is -2.21. The van der Waals surface area contributed by atoms with E-state index in [1.54, 1.807) is 30.0 Å². The van der Waals surface area contributed by atoms with Crippen LogP contribution in [0.2, 0.25) is 0 Å². The summed E-state index contributed by atoms with van der Waals surface area (Å²) >= 11 is 1.61. The van der Waals surface area contributed by atoms with E-state index in [9.17, 15) is 13.2 Å². The summed E-state index contributed by atoms with van der Waals surface area (Å²) in [6, 6.07) is 6.17. The highest BCUT2D eigenvalue weighted by Crippen LogP contribution is 2.27. The minimum atomic E-state index is -3.83. The van der Waals surface area contributed by atoms with Crippen LogP contribution in [0.4, 0.5) is 5.69 Å². The number of benzene rings is 1. The molecular weight excluding hydrogens is 284 g/mol. The second-order valence-corrected chi connectivity index (χ2v) is 7.23. The number of nitrogens with two attached hydrogens (primary N) is 1. The van der Waals surface area contributed by atoms with Gasteiger partial charge in [0.05, 0.1) is 10.9 Å². The van der Waals surface area contributed by atoms with E-state index in [2.05, 4.69) is 5.32 Å². The molecular formula is C12H16N2O3S2. The van der Waals surface area contributed by atoms with Crippen molar-refractivity contribution in [2.45, 2.75) is 29.4 Å². The highest BCUT2D eigenvalue weighted by atomic mass is 32.2. The van der Waals surface area contributed by atoms with Gasteiger partial charge in [-0.25, -0.2) is 13.6 Å². The molecule has 0 bridgehead atoms. The minimum Gasteiger partial charge on any atom is -0.324 e. The number of sulfonamides is 1. The number of amides is 1. The standard InChI is InChI=1S/C12H16N2O3S2/c13-19(16,17)11-7-2-1-5-9(11)14-12(15)10-6-3-4-8-18-10/h1-2,5,7,10H,3-4,6,8H2,(H,14,15)(H2,13,16,17). The molecule has 0 radical (unpaired) electrons. The Kier molecular flexibility index (Phi) is 4.49. The number of rotatable bonds is 3. The van der Waals surface area contributed by atoms with Crippen molar-refractivity contribution in [3.63, 3.8) is 0 Å². The van der Waals surface area contributed by atoms with Crippen LogP contribution in [0.15, 0.2) is 29.2 Å². The third kappa shape index (κ3) is 3.71. The van der Waals surface area contributed by atoms with E-state index in [1.165, 1.54) is 6.07 Å². The van der Waals surface area contributed by atoms with Gasteiger partial charge in [0.1, 0.15) is 4.90 Å². The number of carbonyl (C=O) groups is 1. The molecule has 1 aliphatic rings. The smallest absolute Gasteiger partial charge is 0.240 e. The van der Waals surface area contributed by atoms with E-state index in [1.807, 2.05) is 0 Å². The quantitative estimate of drug-likeness (QED) is 0.886. The number of hydrogen-bond donors (Lipinski definition) is 2. The number of anilines is 1. The fraction of sp³-hybridized carbons (Fsp3) is 0.417. The molecule has 19 heavy (non-hydrogen) atoms. The first-order valence-corrected chi connectivity index (χ1v) is 8.62. The molecule has 104 valence electrons. The van der Waals surface area contributed by atoms with Crippen molar-refractivity contribution in [3.05, 3.63) is 24.3 Å². The number of carbonyl (C=O) groups excluding carboxylic acids is 1. The van der Waals surface area contributed by atoms with Gasteiger partial charge in [-0.1, -0.05) is 18.6 Å². The van der Waals surface area contributed by atoms with Gasteiger partial charge >= 0.3 is 0 Å². The van der Waals surface area contributed by atoms with Gasteiger partial charge in [0.25, 0.3) is 0 Å². The molecule has 1 aromatic carbocycles. The summed E-state index contributed by atoms with van der Waals surface area (Å²) in [6.45, 7) is 0. The predicted octanol–water partition coefficient (Wildman–Crippen LogP) is 1.56. The van der Waals surface area contributed by atoms with Gasteiger partial charge in [-0.15, -0.1) is 11.8 Å². The van der Waals surface area contributed by atoms with E-state index in [-0.39, 0.29) is 21.7 Å². The van der Waals surface area contributed by atoms with Crippen LogP contribution in [0, 0.1) is 0 Å². The summed E-state index contributed by atoms with van der Waals surface area (Å²) in [7, 11) is -3.83. The van der Waals surface area contributed by atoms with E-state index in [4.69, 9.17) is 5.14 Å². The molecule has 0 spiro atoms. The number of hydrogen-bond acceptors (Lipinski definition) is 4. The third-order valence-electron chi connectivity index (χ3n) is 2.92. The molecule has 0 aliphatic carbocycles.